The van der Waals surface area contributed by atoms with E-state index in [2.05, 4.69) is 20.1 Å². The quantitative estimate of drug-likeness (QED) is 0.644. The molecule has 0 aliphatic rings. The van der Waals surface area contributed by atoms with Crippen LogP contribution in [0.15, 0.2) is 36.9 Å². The predicted octanol–water partition coefficient (Wildman–Crippen LogP) is 0.768. The first-order valence-corrected chi connectivity index (χ1v) is 4.72. The number of hydrogen-bond donors (Lipinski definition) is 1. The smallest absolute Gasteiger partial charge is 0.220 e. The molecule has 0 bridgehead atoms. The summed E-state index contributed by atoms with van der Waals surface area (Å²) >= 11 is 0. The number of aromatic nitrogens is 5. The third-order valence-corrected chi connectivity index (χ3v) is 2.23. The second-order valence-electron chi connectivity index (χ2n) is 3.25. The van der Waals surface area contributed by atoms with Crippen molar-refractivity contribution in [3.63, 3.8) is 0 Å². The maximum Gasteiger partial charge on any atom is 0.220 e. The average molecular weight is 212 g/mol. The molecule has 3 heterocycles. The predicted molar refractivity (Wildman–Crippen MR) is 58.4 cm³/mol. The van der Waals surface area contributed by atoms with Crippen molar-refractivity contribution in [3.8, 4) is 11.3 Å². The minimum Gasteiger partial charge on any atom is -0.368 e. The van der Waals surface area contributed by atoms with Crippen LogP contribution in [-0.4, -0.2) is 24.6 Å². The molecule has 0 fully saturated rings. The Morgan fingerprint density at radius 2 is 2.12 bits per heavy atom. The summed E-state index contributed by atoms with van der Waals surface area (Å²) in [5, 5.41) is 4.18. The number of anilines is 1. The van der Waals surface area contributed by atoms with Gasteiger partial charge < -0.3 is 5.73 Å². The highest BCUT2D eigenvalue weighted by atomic mass is 15.2. The van der Waals surface area contributed by atoms with Gasteiger partial charge in [-0.25, -0.2) is 19.5 Å². The Balaban J connectivity index is 2.26. The fourth-order valence-electron chi connectivity index (χ4n) is 1.53. The van der Waals surface area contributed by atoms with Crippen LogP contribution < -0.4 is 5.73 Å². The first-order chi connectivity index (χ1) is 7.84. The summed E-state index contributed by atoms with van der Waals surface area (Å²) in [4.78, 5) is 12.2. The fourth-order valence-corrected chi connectivity index (χ4v) is 1.53. The van der Waals surface area contributed by atoms with Gasteiger partial charge in [-0.15, -0.1) is 0 Å². The SMILES string of the molecule is Nc1nccc(-c2cnn3cccnc23)n1. The van der Waals surface area contributed by atoms with Crippen LogP contribution in [0.5, 0.6) is 0 Å². The van der Waals surface area contributed by atoms with Gasteiger partial charge in [0.15, 0.2) is 5.65 Å². The molecule has 0 atom stereocenters. The molecule has 0 radical (unpaired) electrons. The van der Waals surface area contributed by atoms with Gasteiger partial charge in [0.2, 0.25) is 5.95 Å². The Hall–Kier alpha value is -2.50. The maximum absolute atomic E-state index is 5.54. The van der Waals surface area contributed by atoms with Gasteiger partial charge >= 0.3 is 0 Å². The average Bonchev–Trinajstić information content (AvgIpc) is 2.72. The van der Waals surface area contributed by atoms with Gasteiger partial charge in [0, 0.05) is 18.6 Å². The number of hydrogen-bond acceptors (Lipinski definition) is 5. The minimum absolute atomic E-state index is 0.243. The molecule has 0 amide bonds. The lowest BCUT2D eigenvalue weighted by molar-refractivity contribution is 0.939. The molecule has 6 heteroatoms. The first kappa shape index (κ1) is 8.78. The molecule has 0 aliphatic carbocycles. The highest BCUT2D eigenvalue weighted by Crippen LogP contribution is 2.20. The molecule has 0 unspecified atom stereocenters. The van der Waals surface area contributed by atoms with Gasteiger partial charge in [0.05, 0.1) is 17.5 Å². The standard InChI is InChI=1S/C10H8N6/c11-10-13-4-2-8(15-10)7-6-14-16-5-1-3-12-9(7)16/h1-6H,(H2,11,13,15). The Kier molecular flexibility index (Phi) is 1.79. The normalized spacial score (nSPS) is 10.8. The van der Waals surface area contributed by atoms with Crippen molar-refractivity contribution in [1.82, 2.24) is 24.6 Å². The van der Waals surface area contributed by atoms with E-state index in [1.165, 1.54) is 0 Å². The Morgan fingerprint density at radius 3 is 3.00 bits per heavy atom. The van der Waals surface area contributed by atoms with Crippen molar-refractivity contribution >= 4 is 11.6 Å². The van der Waals surface area contributed by atoms with E-state index >= 15 is 0 Å². The van der Waals surface area contributed by atoms with Crippen LogP contribution in [0.4, 0.5) is 5.95 Å². The molecule has 0 spiro atoms. The second kappa shape index (κ2) is 3.27. The summed E-state index contributed by atoms with van der Waals surface area (Å²) in [7, 11) is 0. The highest BCUT2D eigenvalue weighted by Gasteiger charge is 2.08. The van der Waals surface area contributed by atoms with Gasteiger partial charge in [-0.1, -0.05) is 0 Å². The summed E-state index contributed by atoms with van der Waals surface area (Å²) < 4.78 is 1.69. The molecule has 3 rings (SSSR count). The summed E-state index contributed by atoms with van der Waals surface area (Å²) in [5.41, 5.74) is 7.86. The highest BCUT2D eigenvalue weighted by molar-refractivity contribution is 5.74. The molecule has 0 aliphatic heterocycles. The number of nitrogens with two attached hydrogens (primary N) is 1. The third kappa shape index (κ3) is 1.28. The van der Waals surface area contributed by atoms with Crippen LogP contribution >= 0.6 is 0 Å². The van der Waals surface area contributed by atoms with Crippen LogP contribution in [0.1, 0.15) is 0 Å². The first-order valence-electron chi connectivity index (χ1n) is 4.72. The summed E-state index contributed by atoms with van der Waals surface area (Å²) in [5.74, 6) is 0.243. The van der Waals surface area contributed by atoms with E-state index in [0.29, 0.717) is 0 Å². The lowest BCUT2D eigenvalue weighted by Gasteiger charge is -1.98. The topological polar surface area (TPSA) is 82.0 Å². The fraction of sp³-hybridized carbons (Fsp3) is 0. The summed E-state index contributed by atoms with van der Waals surface area (Å²) in [6.45, 7) is 0. The van der Waals surface area contributed by atoms with Crippen LogP contribution in [-0.2, 0) is 0 Å². The van der Waals surface area contributed by atoms with Crippen molar-refractivity contribution in [1.29, 1.82) is 0 Å². The van der Waals surface area contributed by atoms with E-state index in [9.17, 15) is 0 Å². The van der Waals surface area contributed by atoms with E-state index in [1.807, 2.05) is 12.3 Å². The van der Waals surface area contributed by atoms with Crippen molar-refractivity contribution in [3.05, 3.63) is 36.9 Å². The van der Waals surface area contributed by atoms with Gasteiger partial charge in [0.1, 0.15) is 0 Å². The number of rotatable bonds is 1. The molecule has 16 heavy (non-hydrogen) atoms. The molecular formula is C10H8N6. The maximum atomic E-state index is 5.54. The van der Waals surface area contributed by atoms with Gasteiger partial charge in [-0.05, 0) is 12.1 Å². The molecule has 6 nitrogen and oxygen atoms in total. The van der Waals surface area contributed by atoms with E-state index in [-0.39, 0.29) is 5.95 Å². The van der Waals surface area contributed by atoms with E-state index in [1.54, 1.807) is 29.2 Å². The third-order valence-electron chi connectivity index (χ3n) is 2.23. The monoisotopic (exact) mass is 212 g/mol. The lowest BCUT2D eigenvalue weighted by Crippen LogP contribution is -1.95. The second-order valence-corrected chi connectivity index (χ2v) is 3.25. The zero-order valence-corrected chi connectivity index (χ0v) is 8.28. The molecule has 0 saturated heterocycles. The van der Waals surface area contributed by atoms with Crippen LogP contribution in [0, 0.1) is 0 Å². The molecule has 3 aromatic rings. The lowest BCUT2D eigenvalue weighted by atomic mass is 10.2. The van der Waals surface area contributed by atoms with E-state index in [0.717, 1.165) is 16.9 Å². The van der Waals surface area contributed by atoms with Crippen LogP contribution in [0.3, 0.4) is 0 Å². The van der Waals surface area contributed by atoms with Crippen LogP contribution in [0.25, 0.3) is 16.9 Å². The van der Waals surface area contributed by atoms with E-state index in [4.69, 9.17) is 5.73 Å². The van der Waals surface area contributed by atoms with E-state index < -0.39 is 0 Å². The van der Waals surface area contributed by atoms with Crippen molar-refractivity contribution in [2.45, 2.75) is 0 Å². The minimum atomic E-state index is 0.243. The zero-order valence-electron chi connectivity index (χ0n) is 8.28. The largest absolute Gasteiger partial charge is 0.368 e. The molecule has 0 saturated carbocycles. The Labute approximate surface area is 90.8 Å². The van der Waals surface area contributed by atoms with Gasteiger partial charge in [0.25, 0.3) is 0 Å². The zero-order chi connectivity index (χ0) is 11.0. The van der Waals surface area contributed by atoms with Crippen LogP contribution in [0.2, 0.25) is 0 Å². The molecule has 78 valence electrons. The van der Waals surface area contributed by atoms with Gasteiger partial charge in [-0.2, -0.15) is 5.10 Å². The molecule has 0 aromatic carbocycles. The number of nitrogen functional groups attached to an aromatic ring is 1. The molecular weight excluding hydrogens is 204 g/mol. The molecule has 2 N–H and O–H groups in total. The summed E-state index contributed by atoms with van der Waals surface area (Å²) in [6.07, 6.45) is 6.87. The van der Waals surface area contributed by atoms with Crippen molar-refractivity contribution in [2.24, 2.45) is 0 Å². The Morgan fingerprint density at radius 1 is 1.19 bits per heavy atom. The Bertz CT molecular complexity index is 644. The summed E-state index contributed by atoms with van der Waals surface area (Å²) in [6, 6.07) is 3.60. The number of nitrogens with zero attached hydrogens (tertiary/aromatic N) is 5. The van der Waals surface area contributed by atoms with Crippen molar-refractivity contribution in [2.75, 3.05) is 5.73 Å². The van der Waals surface area contributed by atoms with Gasteiger partial charge in [-0.3, -0.25) is 0 Å². The number of fused-ring (bicyclic) bond motifs is 1. The van der Waals surface area contributed by atoms with Crippen molar-refractivity contribution < 1.29 is 0 Å². The molecule has 3 aromatic heterocycles.